The first-order chi connectivity index (χ1) is 4.30. The van der Waals surface area contributed by atoms with Gasteiger partial charge >= 0.3 is 5.97 Å². The van der Waals surface area contributed by atoms with Crippen LogP contribution in [-0.4, -0.2) is 23.7 Å². The molecule has 4 nitrogen and oxygen atoms in total. The number of carboxylic acid groups (broad SMARTS) is 1. The minimum atomic E-state index is -0.974. The zero-order valence-corrected chi connectivity index (χ0v) is 4.70. The van der Waals surface area contributed by atoms with Crippen molar-refractivity contribution >= 4 is 5.97 Å². The Balaban J connectivity index is 2.50. The lowest BCUT2D eigenvalue weighted by atomic mass is 10.3. The van der Waals surface area contributed by atoms with Crippen molar-refractivity contribution in [1.82, 2.24) is 5.48 Å². The Hall–Kier alpha value is -0.870. The van der Waals surface area contributed by atoms with Crippen molar-refractivity contribution in [3.05, 3.63) is 12.2 Å². The summed E-state index contributed by atoms with van der Waals surface area (Å²) in [6.45, 7) is 0.573. The zero-order chi connectivity index (χ0) is 6.69. The highest BCUT2D eigenvalue weighted by atomic mass is 16.7. The first-order valence-corrected chi connectivity index (χ1v) is 2.58. The number of rotatable bonds is 1. The van der Waals surface area contributed by atoms with Gasteiger partial charge in [-0.15, -0.1) is 0 Å². The van der Waals surface area contributed by atoms with E-state index >= 15 is 0 Å². The van der Waals surface area contributed by atoms with Crippen molar-refractivity contribution in [2.75, 3.05) is 6.54 Å². The minimum absolute atomic E-state index is 0.573. The highest BCUT2D eigenvalue weighted by Crippen LogP contribution is 1.95. The fourth-order valence-corrected chi connectivity index (χ4v) is 0.550. The van der Waals surface area contributed by atoms with Crippen LogP contribution < -0.4 is 5.48 Å². The average Bonchev–Trinajstić information content (AvgIpc) is 1.90. The number of hydrogen-bond donors (Lipinski definition) is 2. The van der Waals surface area contributed by atoms with E-state index in [2.05, 4.69) is 10.3 Å². The number of carbonyl (C=O) groups is 1. The van der Waals surface area contributed by atoms with E-state index in [0.717, 1.165) is 0 Å². The summed E-state index contributed by atoms with van der Waals surface area (Å²) in [5.74, 6) is -0.974. The number of nitrogens with one attached hydrogen (secondary N) is 1. The van der Waals surface area contributed by atoms with Gasteiger partial charge in [0, 0.05) is 6.54 Å². The van der Waals surface area contributed by atoms with E-state index in [4.69, 9.17) is 5.11 Å². The molecule has 1 aliphatic heterocycles. The lowest BCUT2D eigenvalue weighted by Crippen LogP contribution is -2.32. The Morgan fingerprint density at radius 3 is 3.00 bits per heavy atom. The van der Waals surface area contributed by atoms with Crippen LogP contribution in [0.25, 0.3) is 0 Å². The largest absolute Gasteiger partial charge is 0.479 e. The van der Waals surface area contributed by atoms with Crippen LogP contribution in [0.4, 0.5) is 0 Å². The summed E-state index contributed by atoms with van der Waals surface area (Å²) in [4.78, 5) is 14.7. The van der Waals surface area contributed by atoms with Crippen LogP contribution in [0.5, 0.6) is 0 Å². The predicted molar refractivity (Wildman–Crippen MR) is 29.7 cm³/mol. The third-order valence-corrected chi connectivity index (χ3v) is 0.966. The van der Waals surface area contributed by atoms with Crippen LogP contribution in [0.2, 0.25) is 0 Å². The third-order valence-electron chi connectivity index (χ3n) is 0.966. The van der Waals surface area contributed by atoms with Gasteiger partial charge in [0.15, 0.2) is 6.10 Å². The lowest BCUT2D eigenvalue weighted by molar-refractivity contribution is -0.152. The van der Waals surface area contributed by atoms with Gasteiger partial charge < -0.3 is 5.11 Å². The molecule has 9 heavy (non-hydrogen) atoms. The molecule has 50 valence electrons. The van der Waals surface area contributed by atoms with E-state index in [-0.39, 0.29) is 0 Å². The molecule has 0 saturated heterocycles. The maximum atomic E-state index is 10.1. The molecule has 0 bridgehead atoms. The molecule has 0 spiro atoms. The Labute approximate surface area is 52.1 Å². The predicted octanol–water partition coefficient (Wildman–Crippen LogP) is -0.469. The second-order valence-corrected chi connectivity index (χ2v) is 1.65. The number of carboxylic acids is 1. The van der Waals surface area contributed by atoms with Crippen LogP contribution in [-0.2, 0) is 9.63 Å². The normalized spacial score (nSPS) is 26.0. The SMILES string of the molecule is O=C(O)[C@H]1C=CCNO1. The zero-order valence-electron chi connectivity index (χ0n) is 4.70. The average molecular weight is 129 g/mol. The van der Waals surface area contributed by atoms with E-state index in [1.807, 2.05) is 0 Å². The summed E-state index contributed by atoms with van der Waals surface area (Å²) in [5, 5.41) is 8.32. The highest BCUT2D eigenvalue weighted by Gasteiger charge is 2.15. The molecule has 0 saturated carbocycles. The lowest BCUT2D eigenvalue weighted by Gasteiger charge is -2.12. The quantitative estimate of drug-likeness (QED) is 0.470. The number of aliphatic carboxylic acids is 1. The Morgan fingerprint density at radius 2 is 2.67 bits per heavy atom. The first kappa shape index (κ1) is 6.25. The monoisotopic (exact) mass is 129 g/mol. The number of hydrogen-bond acceptors (Lipinski definition) is 3. The van der Waals surface area contributed by atoms with Gasteiger partial charge in [0.25, 0.3) is 0 Å². The summed E-state index contributed by atoms with van der Waals surface area (Å²) >= 11 is 0. The Bertz CT molecular complexity index is 143. The van der Waals surface area contributed by atoms with Crippen LogP contribution in [0, 0.1) is 0 Å². The Kier molecular flexibility index (Phi) is 1.81. The molecule has 2 N–H and O–H groups in total. The summed E-state index contributed by atoms with van der Waals surface area (Å²) in [5.41, 5.74) is 2.45. The second-order valence-electron chi connectivity index (χ2n) is 1.65. The topological polar surface area (TPSA) is 58.6 Å². The van der Waals surface area contributed by atoms with E-state index < -0.39 is 12.1 Å². The van der Waals surface area contributed by atoms with Crippen molar-refractivity contribution < 1.29 is 14.7 Å². The molecule has 0 aliphatic carbocycles. The maximum absolute atomic E-state index is 10.1. The van der Waals surface area contributed by atoms with Gasteiger partial charge in [-0.1, -0.05) is 6.08 Å². The molecule has 0 aromatic rings. The first-order valence-electron chi connectivity index (χ1n) is 2.58. The molecule has 0 aromatic heterocycles. The van der Waals surface area contributed by atoms with Gasteiger partial charge in [-0.3, -0.25) is 4.84 Å². The molecule has 0 aromatic carbocycles. The number of hydroxylamine groups is 1. The van der Waals surface area contributed by atoms with Gasteiger partial charge in [-0.25, -0.2) is 4.79 Å². The summed E-state index contributed by atoms with van der Waals surface area (Å²) in [7, 11) is 0. The summed E-state index contributed by atoms with van der Waals surface area (Å²) in [6, 6.07) is 0. The highest BCUT2D eigenvalue weighted by molar-refractivity contribution is 5.74. The van der Waals surface area contributed by atoms with Crippen molar-refractivity contribution in [2.45, 2.75) is 6.10 Å². The molecule has 1 atom stereocenters. The molecule has 0 fully saturated rings. The van der Waals surface area contributed by atoms with E-state index in [0.29, 0.717) is 6.54 Å². The van der Waals surface area contributed by atoms with Crippen molar-refractivity contribution in [3.8, 4) is 0 Å². The van der Waals surface area contributed by atoms with Crippen LogP contribution in [0.1, 0.15) is 0 Å². The molecule has 1 rings (SSSR count). The van der Waals surface area contributed by atoms with Gasteiger partial charge in [0.1, 0.15) is 0 Å². The van der Waals surface area contributed by atoms with Crippen LogP contribution in [0.15, 0.2) is 12.2 Å². The van der Waals surface area contributed by atoms with Crippen LogP contribution in [0.3, 0.4) is 0 Å². The Morgan fingerprint density at radius 1 is 1.89 bits per heavy atom. The van der Waals surface area contributed by atoms with Gasteiger partial charge in [-0.05, 0) is 6.08 Å². The summed E-state index contributed by atoms with van der Waals surface area (Å²) < 4.78 is 0. The van der Waals surface area contributed by atoms with Gasteiger partial charge in [0.2, 0.25) is 0 Å². The summed E-state index contributed by atoms with van der Waals surface area (Å²) in [6.07, 6.45) is 2.39. The van der Waals surface area contributed by atoms with E-state index in [9.17, 15) is 4.79 Å². The van der Waals surface area contributed by atoms with Crippen LogP contribution >= 0.6 is 0 Å². The van der Waals surface area contributed by atoms with Gasteiger partial charge in [-0.2, -0.15) is 5.48 Å². The van der Waals surface area contributed by atoms with E-state index in [1.165, 1.54) is 6.08 Å². The molecule has 0 unspecified atom stereocenters. The van der Waals surface area contributed by atoms with E-state index in [1.54, 1.807) is 6.08 Å². The standard InChI is InChI=1S/C5H7NO3/c7-5(8)4-2-1-3-6-9-4/h1-2,4,6H,3H2,(H,7,8)/t4-/m1/s1. The smallest absolute Gasteiger partial charge is 0.339 e. The van der Waals surface area contributed by atoms with Crippen molar-refractivity contribution in [2.24, 2.45) is 0 Å². The fraction of sp³-hybridized carbons (Fsp3) is 0.400. The van der Waals surface area contributed by atoms with Crippen molar-refractivity contribution in [1.29, 1.82) is 0 Å². The maximum Gasteiger partial charge on any atom is 0.339 e. The molecule has 1 aliphatic rings. The van der Waals surface area contributed by atoms with Gasteiger partial charge in [0.05, 0.1) is 0 Å². The molecule has 1 heterocycles. The van der Waals surface area contributed by atoms with Crippen molar-refractivity contribution in [3.63, 3.8) is 0 Å². The minimum Gasteiger partial charge on any atom is -0.479 e. The molecule has 0 amide bonds. The third kappa shape index (κ3) is 1.51. The fourth-order valence-electron chi connectivity index (χ4n) is 0.550. The molecular formula is C5H7NO3. The second kappa shape index (κ2) is 2.61. The molecule has 4 heteroatoms. The molecule has 0 radical (unpaired) electrons. The molecular weight excluding hydrogens is 122 g/mol.